The second-order valence-corrected chi connectivity index (χ2v) is 3.06. The lowest BCUT2D eigenvalue weighted by atomic mass is 10.2. The van der Waals surface area contributed by atoms with E-state index in [1.54, 1.807) is 0 Å². The third-order valence-electron chi connectivity index (χ3n) is 1.86. The highest BCUT2D eigenvalue weighted by Gasteiger charge is 2.01. The number of nitrogens with zero attached hydrogens (tertiary/aromatic N) is 2. The Morgan fingerprint density at radius 2 is 2.17 bits per heavy atom. The standard InChI is InChI=1S/C9H15N3/c1-7-4-5-9(12-11-7)6-8(2)10-3/h4-5,8,10H,6H2,1-3H3. The van der Waals surface area contributed by atoms with Crippen molar-refractivity contribution >= 4 is 0 Å². The molecule has 1 rings (SSSR count). The summed E-state index contributed by atoms with van der Waals surface area (Å²) in [4.78, 5) is 0. The van der Waals surface area contributed by atoms with Crippen LogP contribution < -0.4 is 5.32 Å². The average molecular weight is 165 g/mol. The molecule has 0 fully saturated rings. The van der Waals surface area contributed by atoms with Crippen molar-refractivity contribution in [2.24, 2.45) is 0 Å². The minimum Gasteiger partial charge on any atom is -0.317 e. The van der Waals surface area contributed by atoms with E-state index in [9.17, 15) is 0 Å². The van der Waals surface area contributed by atoms with Crippen molar-refractivity contribution in [2.75, 3.05) is 7.05 Å². The van der Waals surface area contributed by atoms with E-state index in [2.05, 4.69) is 22.4 Å². The maximum atomic E-state index is 4.08. The van der Waals surface area contributed by atoms with Gasteiger partial charge in [0.1, 0.15) is 0 Å². The van der Waals surface area contributed by atoms with Crippen LogP contribution in [0.3, 0.4) is 0 Å². The van der Waals surface area contributed by atoms with Gasteiger partial charge in [-0.1, -0.05) is 0 Å². The lowest BCUT2D eigenvalue weighted by Gasteiger charge is -2.07. The van der Waals surface area contributed by atoms with E-state index in [0.29, 0.717) is 6.04 Å². The summed E-state index contributed by atoms with van der Waals surface area (Å²) < 4.78 is 0. The van der Waals surface area contributed by atoms with Gasteiger partial charge in [-0.05, 0) is 33.0 Å². The van der Waals surface area contributed by atoms with Crippen LogP contribution in [-0.4, -0.2) is 23.3 Å². The molecular weight excluding hydrogens is 150 g/mol. The fourth-order valence-corrected chi connectivity index (χ4v) is 0.951. The van der Waals surface area contributed by atoms with E-state index in [1.165, 1.54) is 0 Å². The number of hydrogen-bond donors (Lipinski definition) is 1. The quantitative estimate of drug-likeness (QED) is 0.724. The number of hydrogen-bond acceptors (Lipinski definition) is 3. The topological polar surface area (TPSA) is 37.8 Å². The van der Waals surface area contributed by atoms with Gasteiger partial charge in [-0.2, -0.15) is 10.2 Å². The molecule has 0 aliphatic heterocycles. The third kappa shape index (κ3) is 2.58. The second-order valence-electron chi connectivity index (χ2n) is 3.06. The SMILES string of the molecule is CNC(C)Cc1ccc(C)nn1. The van der Waals surface area contributed by atoms with E-state index >= 15 is 0 Å². The van der Waals surface area contributed by atoms with Gasteiger partial charge >= 0.3 is 0 Å². The summed E-state index contributed by atoms with van der Waals surface area (Å²) in [5.41, 5.74) is 2.01. The number of aryl methyl sites for hydroxylation is 1. The Hall–Kier alpha value is -0.960. The van der Waals surface area contributed by atoms with Crippen LogP contribution in [0.1, 0.15) is 18.3 Å². The molecular formula is C9H15N3. The first-order valence-corrected chi connectivity index (χ1v) is 4.19. The molecule has 0 aliphatic rings. The Labute approximate surface area is 73.2 Å². The maximum absolute atomic E-state index is 4.08. The lowest BCUT2D eigenvalue weighted by Crippen LogP contribution is -2.24. The summed E-state index contributed by atoms with van der Waals surface area (Å²) in [5, 5.41) is 11.2. The molecule has 0 bridgehead atoms. The van der Waals surface area contributed by atoms with E-state index in [1.807, 2.05) is 26.1 Å². The normalized spacial score (nSPS) is 12.9. The Kier molecular flexibility index (Phi) is 3.17. The van der Waals surface area contributed by atoms with Crippen molar-refractivity contribution in [1.82, 2.24) is 15.5 Å². The number of likely N-dealkylation sites (N-methyl/N-ethyl adjacent to an activating group) is 1. The van der Waals surface area contributed by atoms with Crippen molar-refractivity contribution in [3.63, 3.8) is 0 Å². The molecule has 1 unspecified atom stereocenters. The van der Waals surface area contributed by atoms with Crippen LogP contribution in [0.2, 0.25) is 0 Å². The molecule has 0 radical (unpaired) electrons. The lowest BCUT2D eigenvalue weighted by molar-refractivity contribution is 0.595. The van der Waals surface area contributed by atoms with Crippen LogP contribution >= 0.6 is 0 Å². The van der Waals surface area contributed by atoms with Crippen molar-refractivity contribution in [1.29, 1.82) is 0 Å². The summed E-state index contributed by atoms with van der Waals surface area (Å²) in [7, 11) is 1.95. The number of rotatable bonds is 3. The van der Waals surface area contributed by atoms with Crippen LogP contribution in [0, 0.1) is 6.92 Å². The minimum absolute atomic E-state index is 0.460. The first-order chi connectivity index (χ1) is 5.72. The summed E-state index contributed by atoms with van der Waals surface area (Å²) >= 11 is 0. The molecule has 3 heteroatoms. The summed E-state index contributed by atoms with van der Waals surface area (Å²) in [6.45, 7) is 4.07. The second kappa shape index (κ2) is 4.16. The minimum atomic E-state index is 0.460. The average Bonchev–Trinajstić information content (AvgIpc) is 2.09. The van der Waals surface area contributed by atoms with Crippen LogP contribution in [0.5, 0.6) is 0 Å². The van der Waals surface area contributed by atoms with Gasteiger partial charge in [0.2, 0.25) is 0 Å². The number of aromatic nitrogens is 2. The van der Waals surface area contributed by atoms with Gasteiger partial charge in [-0.15, -0.1) is 0 Å². The highest BCUT2D eigenvalue weighted by molar-refractivity contribution is 5.06. The van der Waals surface area contributed by atoms with Gasteiger partial charge in [-0.3, -0.25) is 0 Å². The van der Waals surface area contributed by atoms with E-state index < -0.39 is 0 Å². The first-order valence-electron chi connectivity index (χ1n) is 4.19. The Morgan fingerprint density at radius 3 is 2.67 bits per heavy atom. The predicted octanol–water partition coefficient (Wildman–Crippen LogP) is 0.935. The van der Waals surface area contributed by atoms with E-state index in [4.69, 9.17) is 0 Å². The third-order valence-corrected chi connectivity index (χ3v) is 1.86. The van der Waals surface area contributed by atoms with E-state index in [0.717, 1.165) is 17.8 Å². The van der Waals surface area contributed by atoms with Crippen molar-refractivity contribution in [3.05, 3.63) is 23.5 Å². The molecule has 1 aromatic rings. The van der Waals surface area contributed by atoms with Crippen LogP contribution in [0.4, 0.5) is 0 Å². The zero-order chi connectivity index (χ0) is 8.97. The van der Waals surface area contributed by atoms with E-state index in [-0.39, 0.29) is 0 Å². The molecule has 0 saturated carbocycles. The van der Waals surface area contributed by atoms with Crippen LogP contribution in [0.25, 0.3) is 0 Å². The smallest absolute Gasteiger partial charge is 0.0646 e. The van der Waals surface area contributed by atoms with Crippen LogP contribution in [0.15, 0.2) is 12.1 Å². The van der Waals surface area contributed by atoms with Gasteiger partial charge < -0.3 is 5.32 Å². The zero-order valence-electron chi connectivity index (χ0n) is 7.83. The Balaban J connectivity index is 2.58. The molecule has 3 nitrogen and oxygen atoms in total. The molecule has 1 atom stereocenters. The molecule has 0 aliphatic carbocycles. The van der Waals surface area contributed by atoms with Crippen molar-refractivity contribution < 1.29 is 0 Å². The monoisotopic (exact) mass is 165 g/mol. The van der Waals surface area contributed by atoms with Gasteiger partial charge in [0.15, 0.2) is 0 Å². The highest BCUT2D eigenvalue weighted by atomic mass is 15.1. The highest BCUT2D eigenvalue weighted by Crippen LogP contribution is 1.98. The number of nitrogens with one attached hydrogen (secondary N) is 1. The van der Waals surface area contributed by atoms with Crippen molar-refractivity contribution in [2.45, 2.75) is 26.3 Å². The molecule has 0 amide bonds. The Bertz CT molecular complexity index is 230. The van der Waals surface area contributed by atoms with Crippen molar-refractivity contribution in [3.8, 4) is 0 Å². The predicted molar refractivity (Wildman–Crippen MR) is 49.0 cm³/mol. The fourth-order valence-electron chi connectivity index (χ4n) is 0.951. The first kappa shape index (κ1) is 9.13. The largest absolute Gasteiger partial charge is 0.317 e. The fraction of sp³-hybridized carbons (Fsp3) is 0.556. The summed E-state index contributed by atoms with van der Waals surface area (Å²) in [6, 6.07) is 4.47. The molecule has 66 valence electrons. The zero-order valence-corrected chi connectivity index (χ0v) is 7.83. The van der Waals surface area contributed by atoms with Gasteiger partial charge in [0.05, 0.1) is 11.4 Å². The maximum Gasteiger partial charge on any atom is 0.0646 e. The molecule has 0 spiro atoms. The molecule has 12 heavy (non-hydrogen) atoms. The molecule has 1 aromatic heterocycles. The Morgan fingerprint density at radius 1 is 1.42 bits per heavy atom. The summed E-state index contributed by atoms with van der Waals surface area (Å²) in [6.07, 6.45) is 0.934. The molecule has 1 N–H and O–H groups in total. The van der Waals surface area contributed by atoms with Gasteiger partial charge in [0, 0.05) is 12.5 Å². The van der Waals surface area contributed by atoms with Gasteiger partial charge in [-0.25, -0.2) is 0 Å². The van der Waals surface area contributed by atoms with Crippen LogP contribution in [-0.2, 0) is 6.42 Å². The van der Waals surface area contributed by atoms with Gasteiger partial charge in [0.25, 0.3) is 0 Å². The molecule has 0 saturated heterocycles. The molecule has 0 aromatic carbocycles. The summed E-state index contributed by atoms with van der Waals surface area (Å²) in [5.74, 6) is 0. The molecule has 1 heterocycles.